The molecule has 0 spiro atoms. The van der Waals surface area contributed by atoms with Gasteiger partial charge in [-0.3, -0.25) is 0 Å². The predicted molar refractivity (Wildman–Crippen MR) is 134 cm³/mol. The fourth-order valence-corrected chi connectivity index (χ4v) is 4.29. The van der Waals surface area contributed by atoms with E-state index in [9.17, 15) is 4.79 Å². The maximum Gasteiger partial charge on any atom is 0.324 e. The molecule has 30 heavy (non-hydrogen) atoms. The summed E-state index contributed by atoms with van der Waals surface area (Å²) in [5, 5.41) is 3.46. The Hall–Kier alpha value is -1.29. The number of rotatable bonds is 18. The average Bonchev–Trinajstić information content (AvgIpc) is 2.70. The number of nitrogens with one attached hydrogen (secondary N) is 1. The van der Waals surface area contributed by atoms with Crippen molar-refractivity contribution in [3.05, 3.63) is 29.8 Å². The van der Waals surface area contributed by atoms with Crippen molar-refractivity contribution in [1.29, 1.82) is 0 Å². The molecule has 0 atom stereocenters. The van der Waals surface area contributed by atoms with Gasteiger partial charge >= 0.3 is 5.97 Å². The van der Waals surface area contributed by atoms with Gasteiger partial charge in [-0.1, -0.05) is 90.4 Å². The second-order valence-electron chi connectivity index (χ2n) is 9.60. The maximum atomic E-state index is 12.1. The van der Waals surface area contributed by atoms with Crippen LogP contribution in [0.2, 0.25) is 19.6 Å². The highest BCUT2D eigenvalue weighted by Crippen LogP contribution is 2.15. The Morgan fingerprint density at radius 3 is 1.60 bits per heavy atom. The Labute approximate surface area is 187 Å². The minimum atomic E-state index is -1.84. The smallest absolute Gasteiger partial charge is 0.324 e. The molecular weight excluding hydrogens is 386 g/mol. The van der Waals surface area contributed by atoms with E-state index in [4.69, 9.17) is 4.43 Å². The summed E-state index contributed by atoms with van der Waals surface area (Å²) in [6.45, 7) is 9.35. The lowest BCUT2D eigenvalue weighted by molar-refractivity contribution is 0.0724. The number of anilines is 1. The van der Waals surface area contributed by atoms with Gasteiger partial charge in [-0.25, -0.2) is 4.79 Å². The van der Waals surface area contributed by atoms with Crippen molar-refractivity contribution in [2.24, 2.45) is 0 Å². The van der Waals surface area contributed by atoms with Crippen molar-refractivity contribution in [3.8, 4) is 0 Å². The molecule has 0 aliphatic rings. The van der Waals surface area contributed by atoms with E-state index in [0.717, 1.165) is 12.2 Å². The summed E-state index contributed by atoms with van der Waals surface area (Å²) < 4.78 is 5.53. The van der Waals surface area contributed by atoms with Gasteiger partial charge < -0.3 is 9.74 Å². The van der Waals surface area contributed by atoms with Crippen LogP contribution in [0.3, 0.4) is 0 Å². The van der Waals surface area contributed by atoms with E-state index in [1.807, 2.05) is 43.9 Å². The molecule has 172 valence electrons. The molecule has 1 N–H and O–H groups in total. The van der Waals surface area contributed by atoms with Crippen LogP contribution in [0, 0.1) is 0 Å². The summed E-state index contributed by atoms with van der Waals surface area (Å²) in [7, 11) is -1.84. The lowest BCUT2D eigenvalue weighted by Gasteiger charge is -2.17. The highest BCUT2D eigenvalue weighted by molar-refractivity contribution is 6.71. The van der Waals surface area contributed by atoms with E-state index in [2.05, 4.69) is 12.2 Å². The molecule has 0 heterocycles. The van der Waals surface area contributed by atoms with Crippen LogP contribution in [0.5, 0.6) is 0 Å². The third-order valence-electron chi connectivity index (χ3n) is 5.38. The Morgan fingerprint density at radius 1 is 0.733 bits per heavy atom. The van der Waals surface area contributed by atoms with Crippen molar-refractivity contribution >= 4 is 20.0 Å². The Bertz CT molecular complexity index is 551. The van der Waals surface area contributed by atoms with Crippen molar-refractivity contribution in [2.45, 2.75) is 116 Å². The zero-order chi connectivity index (χ0) is 22.1. The molecule has 0 aliphatic heterocycles. The zero-order valence-electron chi connectivity index (χ0n) is 20.2. The minimum absolute atomic E-state index is 0.201. The van der Waals surface area contributed by atoms with Crippen LogP contribution < -0.4 is 5.32 Å². The monoisotopic (exact) mass is 433 g/mol. The van der Waals surface area contributed by atoms with Gasteiger partial charge in [-0.05, 0) is 50.3 Å². The summed E-state index contributed by atoms with van der Waals surface area (Å²) in [6.07, 6.45) is 19.4. The standard InChI is InChI=1S/C26H47NO2Si/c1-5-6-7-8-9-10-11-12-13-14-15-16-17-18-23-27-25-21-19-24(20-22-25)26(28)29-30(2,3)4/h19-22,27H,5-18,23H2,1-4H3. The van der Waals surface area contributed by atoms with Gasteiger partial charge in [-0.15, -0.1) is 0 Å². The molecule has 0 amide bonds. The summed E-state index contributed by atoms with van der Waals surface area (Å²) in [6, 6.07) is 7.67. The maximum absolute atomic E-state index is 12.1. The molecular formula is C26H47NO2Si. The predicted octanol–water partition coefficient (Wildman–Crippen LogP) is 8.57. The van der Waals surface area contributed by atoms with E-state index in [1.165, 1.54) is 89.9 Å². The van der Waals surface area contributed by atoms with Gasteiger partial charge in [0.05, 0.1) is 5.56 Å². The van der Waals surface area contributed by atoms with Crippen LogP contribution in [0.15, 0.2) is 24.3 Å². The van der Waals surface area contributed by atoms with Gasteiger partial charge in [-0.2, -0.15) is 0 Å². The molecule has 4 heteroatoms. The normalized spacial score (nSPS) is 11.5. The molecule has 0 bridgehead atoms. The molecule has 0 aliphatic carbocycles. The van der Waals surface area contributed by atoms with E-state index in [1.54, 1.807) is 0 Å². The van der Waals surface area contributed by atoms with Crippen molar-refractivity contribution in [1.82, 2.24) is 0 Å². The summed E-state index contributed by atoms with van der Waals surface area (Å²) >= 11 is 0. The second kappa shape index (κ2) is 16.4. The van der Waals surface area contributed by atoms with Gasteiger partial charge in [0.15, 0.2) is 0 Å². The lowest BCUT2D eigenvalue weighted by Crippen LogP contribution is -2.29. The topological polar surface area (TPSA) is 38.3 Å². The highest BCUT2D eigenvalue weighted by atomic mass is 28.4. The van der Waals surface area contributed by atoms with E-state index in [0.29, 0.717) is 5.56 Å². The summed E-state index contributed by atoms with van der Waals surface area (Å²) in [5.74, 6) is -0.201. The van der Waals surface area contributed by atoms with Crippen molar-refractivity contribution in [2.75, 3.05) is 11.9 Å². The second-order valence-corrected chi connectivity index (χ2v) is 14.0. The third-order valence-corrected chi connectivity index (χ3v) is 6.18. The van der Waals surface area contributed by atoms with Gasteiger partial charge in [0.1, 0.15) is 0 Å². The highest BCUT2D eigenvalue weighted by Gasteiger charge is 2.20. The first kappa shape index (κ1) is 26.7. The molecule has 1 rings (SSSR count). The summed E-state index contributed by atoms with van der Waals surface area (Å²) in [4.78, 5) is 12.1. The molecule has 0 aromatic heterocycles. The van der Waals surface area contributed by atoms with E-state index < -0.39 is 8.32 Å². The minimum Gasteiger partial charge on any atom is -0.516 e. The fourth-order valence-electron chi connectivity index (χ4n) is 3.61. The number of carbonyl (C=O) groups excluding carboxylic acids is 1. The number of benzene rings is 1. The number of hydrogen-bond donors (Lipinski definition) is 1. The van der Waals surface area contributed by atoms with Gasteiger partial charge in [0.2, 0.25) is 8.32 Å². The Balaban J connectivity index is 1.95. The first-order chi connectivity index (χ1) is 14.4. The van der Waals surface area contributed by atoms with Crippen LogP contribution >= 0.6 is 0 Å². The van der Waals surface area contributed by atoms with Crippen molar-refractivity contribution < 1.29 is 9.22 Å². The first-order valence-corrected chi connectivity index (χ1v) is 15.9. The molecule has 0 saturated carbocycles. The van der Waals surface area contributed by atoms with Gasteiger partial charge in [0.25, 0.3) is 0 Å². The number of hydrogen-bond acceptors (Lipinski definition) is 3. The van der Waals surface area contributed by atoms with Gasteiger partial charge in [0, 0.05) is 12.2 Å². The molecule has 1 aromatic rings. The lowest BCUT2D eigenvalue weighted by atomic mass is 10.0. The zero-order valence-corrected chi connectivity index (χ0v) is 21.2. The Morgan fingerprint density at radius 2 is 1.17 bits per heavy atom. The molecule has 0 radical (unpaired) electrons. The summed E-state index contributed by atoms with van der Waals surface area (Å²) in [5.41, 5.74) is 1.72. The van der Waals surface area contributed by atoms with Crippen LogP contribution in [0.25, 0.3) is 0 Å². The quantitative estimate of drug-likeness (QED) is 0.186. The Kier molecular flexibility index (Phi) is 14.6. The van der Waals surface area contributed by atoms with Crippen molar-refractivity contribution in [3.63, 3.8) is 0 Å². The number of carbonyl (C=O) groups is 1. The number of unbranched alkanes of at least 4 members (excludes halogenated alkanes) is 13. The third kappa shape index (κ3) is 14.7. The van der Waals surface area contributed by atoms with Crippen LogP contribution in [0.4, 0.5) is 5.69 Å². The fraction of sp³-hybridized carbons (Fsp3) is 0.731. The molecule has 0 fully saturated rings. The van der Waals surface area contributed by atoms with E-state index in [-0.39, 0.29) is 5.97 Å². The largest absolute Gasteiger partial charge is 0.516 e. The van der Waals surface area contributed by atoms with Crippen LogP contribution in [-0.2, 0) is 4.43 Å². The van der Waals surface area contributed by atoms with Crippen LogP contribution in [0.1, 0.15) is 107 Å². The average molecular weight is 434 g/mol. The molecule has 0 saturated heterocycles. The first-order valence-electron chi connectivity index (χ1n) is 12.5. The van der Waals surface area contributed by atoms with E-state index >= 15 is 0 Å². The molecule has 1 aromatic carbocycles. The molecule has 0 unspecified atom stereocenters. The SMILES string of the molecule is CCCCCCCCCCCCCCCCNc1ccc(C(=O)O[Si](C)(C)C)cc1. The molecule has 3 nitrogen and oxygen atoms in total. The van der Waals surface area contributed by atoms with Crippen LogP contribution in [-0.4, -0.2) is 20.8 Å².